The van der Waals surface area contributed by atoms with Crippen LogP contribution in [-0.4, -0.2) is 25.8 Å². The number of nitrogens with two attached hydrogens (primary N) is 1. The van der Waals surface area contributed by atoms with E-state index in [9.17, 15) is 0 Å². The van der Waals surface area contributed by atoms with Crippen molar-refractivity contribution >= 4 is 17.7 Å². The van der Waals surface area contributed by atoms with Crippen molar-refractivity contribution in [3.63, 3.8) is 0 Å². The minimum absolute atomic E-state index is 0.368. The SMILES string of the molecule is CSC1(Cn2cnc(N)n2)CC1. The van der Waals surface area contributed by atoms with E-state index in [0.29, 0.717) is 10.7 Å². The van der Waals surface area contributed by atoms with Crippen LogP contribution in [0.25, 0.3) is 0 Å². The average molecular weight is 184 g/mol. The molecule has 12 heavy (non-hydrogen) atoms. The summed E-state index contributed by atoms with van der Waals surface area (Å²) in [5.41, 5.74) is 5.41. The minimum Gasteiger partial charge on any atom is -0.367 e. The Hall–Kier alpha value is -0.710. The zero-order valence-electron chi connectivity index (χ0n) is 7.03. The summed E-state index contributed by atoms with van der Waals surface area (Å²) in [6.07, 6.45) is 6.42. The largest absolute Gasteiger partial charge is 0.367 e. The normalized spacial score (nSPS) is 19.4. The molecule has 0 atom stereocenters. The molecule has 1 heterocycles. The van der Waals surface area contributed by atoms with Crippen molar-refractivity contribution in [2.75, 3.05) is 12.0 Å². The number of nitrogens with zero attached hydrogens (tertiary/aromatic N) is 3. The van der Waals surface area contributed by atoms with Crippen LogP contribution in [0, 0.1) is 0 Å². The number of hydrogen-bond acceptors (Lipinski definition) is 4. The van der Waals surface area contributed by atoms with Gasteiger partial charge in [-0.2, -0.15) is 11.8 Å². The Kier molecular flexibility index (Phi) is 1.75. The molecule has 1 aliphatic carbocycles. The van der Waals surface area contributed by atoms with E-state index in [-0.39, 0.29) is 0 Å². The fourth-order valence-electron chi connectivity index (χ4n) is 1.25. The molecule has 66 valence electrons. The highest BCUT2D eigenvalue weighted by Gasteiger charge is 2.42. The van der Waals surface area contributed by atoms with Gasteiger partial charge in [-0.15, -0.1) is 5.10 Å². The van der Waals surface area contributed by atoms with E-state index < -0.39 is 0 Å². The fourth-order valence-corrected chi connectivity index (χ4v) is 2.02. The predicted octanol–water partition coefficient (Wildman–Crippen LogP) is 0.756. The molecule has 0 aliphatic heterocycles. The molecule has 0 saturated heterocycles. The molecule has 0 bridgehead atoms. The van der Waals surface area contributed by atoms with E-state index in [2.05, 4.69) is 16.3 Å². The maximum atomic E-state index is 5.41. The zero-order chi connectivity index (χ0) is 8.60. The highest BCUT2D eigenvalue weighted by Crippen LogP contribution is 2.48. The van der Waals surface area contributed by atoms with Crippen LogP contribution in [0.5, 0.6) is 0 Å². The first-order chi connectivity index (χ1) is 5.74. The van der Waals surface area contributed by atoms with E-state index in [0.717, 1.165) is 6.54 Å². The summed E-state index contributed by atoms with van der Waals surface area (Å²) in [5.74, 6) is 0.368. The monoisotopic (exact) mass is 184 g/mol. The van der Waals surface area contributed by atoms with Crippen molar-refractivity contribution in [1.82, 2.24) is 14.8 Å². The molecule has 1 aliphatic rings. The van der Waals surface area contributed by atoms with Crippen molar-refractivity contribution in [2.45, 2.75) is 24.1 Å². The van der Waals surface area contributed by atoms with Gasteiger partial charge in [-0.3, -0.25) is 0 Å². The van der Waals surface area contributed by atoms with Gasteiger partial charge in [0.25, 0.3) is 0 Å². The lowest BCUT2D eigenvalue weighted by molar-refractivity contribution is 0.589. The average Bonchev–Trinajstić information content (AvgIpc) is 2.71. The van der Waals surface area contributed by atoms with Crippen molar-refractivity contribution in [3.05, 3.63) is 6.33 Å². The first-order valence-electron chi connectivity index (χ1n) is 3.94. The zero-order valence-corrected chi connectivity index (χ0v) is 7.84. The van der Waals surface area contributed by atoms with Crippen molar-refractivity contribution in [2.24, 2.45) is 0 Å². The predicted molar refractivity (Wildman–Crippen MR) is 49.9 cm³/mol. The lowest BCUT2D eigenvalue weighted by atomic mass is 10.4. The molecule has 0 aromatic carbocycles. The van der Waals surface area contributed by atoms with Gasteiger partial charge in [0.15, 0.2) is 0 Å². The number of rotatable bonds is 3. The Balaban J connectivity index is 2.04. The number of hydrogen-bond donors (Lipinski definition) is 1. The molecule has 2 N–H and O–H groups in total. The minimum atomic E-state index is 0.368. The van der Waals surface area contributed by atoms with Gasteiger partial charge in [-0.05, 0) is 19.1 Å². The molecule has 5 heteroatoms. The molecule has 0 spiro atoms. The van der Waals surface area contributed by atoms with E-state index in [1.165, 1.54) is 12.8 Å². The third-order valence-electron chi connectivity index (χ3n) is 2.25. The molecule has 2 rings (SSSR count). The van der Waals surface area contributed by atoms with Gasteiger partial charge >= 0.3 is 0 Å². The highest BCUT2D eigenvalue weighted by molar-refractivity contribution is 8.00. The molecule has 0 radical (unpaired) electrons. The summed E-state index contributed by atoms with van der Waals surface area (Å²) in [6, 6.07) is 0. The van der Waals surface area contributed by atoms with Crippen LogP contribution in [-0.2, 0) is 6.54 Å². The third kappa shape index (κ3) is 1.41. The number of anilines is 1. The van der Waals surface area contributed by atoms with Crippen LogP contribution in [0.2, 0.25) is 0 Å². The summed E-state index contributed by atoms with van der Waals surface area (Å²) in [6.45, 7) is 0.943. The van der Waals surface area contributed by atoms with Crippen molar-refractivity contribution in [3.8, 4) is 0 Å². The summed E-state index contributed by atoms with van der Waals surface area (Å²) in [5, 5.41) is 4.05. The van der Waals surface area contributed by atoms with Gasteiger partial charge in [0.1, 0.15) is 6.33 Å². The molecular formula is C7H12N4S. The number of aromatic nitrogens is 3. The van der Waals surface area contributed by atoms with Gasteiger partial charge in [0.05, 0.1) is 6.54 Å². The molecule has 1 aromatic rings. The van der Waals surface area contributed by atoms with E-state index in [1.54, 1.807) is 6.33 Å². The number of thioether (sulfide) groups is 1. The van der Waals surface area contributed by atoms with Crippen LogP contribution in [0.4, 0.5) is 5.95 Å². The molecule has 0 unspecified atom stereocenters. The van der Waals surface area contributed by atoms with Gasteiger partial charge in [0.2, 0.25) is 5.95 Å². The van der Waals surface area contributed by atoms with E-state index >= 15 is 0 Å². The van der Waals surface area contributed by atoms with Crippen LogP contribution in [0.15, 0.2) is 6.33 Å². The molecule has 1 saturated carbocycles. The van der Waals surface area contributed by atoms with Gasteiger partial charge in [-0.25, -0.2) is 9.67 Å². The maximum Gasteiger partial charge on any atom is 0.239 e. The molecule has 4 nitrogen and oxygen atoms in total. The van der Waals surface area contributed by atoms with E-state index in [4.69, 9.17) is 5.73 Å². The summed E-state index contributed by atoms with van der Waals surface area (Å²) >= 11 is 1.91. The van der Waals surface area contributed by atoms with Gasteiger partial charge in [0, 0.05) is 4.75 Å². The summed E-state index contributed by atoms with van der Waals surface area (Å²) in [4.78, 5) is 3.88. The van der Waals surface area contributed by atoms with Crippen LogP contribution in [0.3, 0.4) is 0 Å². The standard InChI is InChI=1S/C7H12N4S/c1-12-7(2-3-7)4-11-5-9-6(8)10-11/h5H,2-4H2,1H3,(H2,8,10). The second-order valence-corrected chi connectivity index (χ2v) is 4.46. The van der Waals surface area contributed by atoms with Gasteiger partial charge in [-0.1, -0.05) is 0 Å². The Morgan fingerprint density at radius 2 is 2.50 bits per heavy atom. The third-order valence-corrected chi connectivity index (χ3v) is 3.65. The molecule has 1 fully saturated rings. The summed E-state index contributed by atoms with van der Waals surface area (Å²) < 4.78 is 2.26. The van der Waals surface area contributed by atoms with Crippen LogP contribution in [0.1, 0.15) is 12.8 Å². The fraction of sp³-hybridized carbons (Fsp3) is 0.714. The maximum absolute atomic E-state index is 5.41. The Bertz CT molecular complexity index is 279. The Morgan fingerprint density at radius 3 is 2.92 bits per heavy atom. The summed E-state index contributed by atoms with van der Waals surface area (Å²) in [7, 11) is 0. The topological polar surface area (TPSA) is 56.7 Å². The highest BCUT2D eigenvalue weighted by atomic mass is 32.2. The van der Waals surface area contributed by atoms with Crippen molar-refractivity contribution in [1.29, 1.82) is 0 Å². The van der Waals surface area contributed by atoms with Crippen LogP contribution < -0.4 is 5.73 Å². The van der Waals surface area contributed by atoms with E-state index in [1.807, 2.05) is 16.4 Å². The molecule has 0 amide bonds. The smallest absolute Gasteiger partial charge is 0.239 e. The number of nitrogen functional groups attached to an aromatic ring is 1. The first kappa shape index (κ1) is 7.91. The molecular weight excluding hydrogens is 172 g/mol. The Morgan fingerprint density at radius 1 is 1.75 bits per heavy atom. The van der Waals surface area contributed by atoms with Crippen molar-refractivity contribution < 1.29 is 0 Å². The first-order valence-corrected chi connectivity index (χ1v) is 5.17. The van der Waals surface area contributed by atoms with Crippen LogP contribution >= 0.6 is 11.8 Å². The second-order valence-electron chi connectivity index (χ2n) is 3.19. The quantitative estimate of drug-likeness (QED) is 0.753. The van der Waals surface area contributed by atoms with Gasteiger partial charge < -0.3 is 5.73 Å². The lowest BCUT2D eigenvalue weighted by Crippen LogP contribution is -2.14. The molecule has 1 aromatic heterocycles. The Labute approximate surface area is 75.5 Å². The second kappa shape index (κ2) is 2.65. The lowest BCUT2D eigenvalue weighted by Gasteiger charge is -2.10.